The van der Waals surface area contributed by atoms with Crippen LogP contribution >= 0.6 is 11.6 Å². The van der Waals surface area contributed by atoms with Gasteiger partial charge in [0.1, 0.15) is 30.5 Å². The van der Waals surface area contributed by atoms with Crippen molar-refractivity contribution in [2.24, 2.45) is 0 Å². The van der Waals surface area contributed by atoms with Crippen LogP contribution < -0.4 is 10.1 Å². The standard InChI is InChI=1S/C17H15ClN4O5/c18-12-2-1-3-14(8-12)26-11-15-4-5-16(27-15)17(23)19-6-7-21-10-13(9-20-21)22(24)25/h1-5,8-10H,6-7,11H2,(H,19,23). The van der Waals surface area contributed by atoms with Gasteiger partial charge in [-0.2, -0.15) is 5.10 Å². The average molecular weight is 391 g/mol. The summed E-state index contributed by atoms with van der Waals surface area (Å²) in [6.45, 7) is 0.697. The summed E-state index contributed by atoms with van der Waals surface area (Å²) in [5.41, 5.74) is -0.100. The van der Waals surface area contributed by atoms with E-state index in [0.717, 1.165) is 6.20 Å². The summed E-state index contributed by atoms with van der Waals surface area (Å²) in [4.78, 5) is 22.1. The number of halogens is 1. The number of amides is 1. The zero-order valence-corrected chi connectivity index (χ0v) is 14.8. The third kappa shape index (κ3) is 5.08. The Morgan fingerprint density at radius 3 is 2.96 bits per heavy atom. The van der Waals surface area contributed by atoms with Crippen LogP contribution in [0, 0.1) is 10.1 Å². The Labute approximate surface area is 158 Å². The molecular weight excluding hydrogens is 376 g/mol. The first-order valence-corrected chi connectivity index (χ1v) is 8.31. The maximum absolute atomic E-state index is 12.1. The SMILES string of the molecule is O=C(NCCn1cc([N+](=O)[O-])cn1)c1ccc(COc2cccc(Cl)c2)o1. The highest BCUT2D eigenvalue weighted by Crippen LogP contribution is 2.19. The van der Waals surface area contributed by atoms with Gasteiger partial charge in [-0.05, 0) is 30.3 Å². The summed E-state index contributed by atoms with van der Waals surface area (Å²) in [7, 11) is 0. The fraction of sp³-hybridized carbons (Fsp3) is 0.176. The number of benzene rings is 1. The summed E-state index contributed by atoms with van der Waals surface area (Å²) >= 11 is 5.89. The highest BCUT2D eigenvalue weighted by molar-refractivity contribution is 6.30. The number of nitrogens with zero attached hydrogens (tertiary/aromatic N) is 3. The Morgan fingerprint density at radius 2 is 2.22 bits per heavy atom. The Kier molecular flexibility index (Phi) is 5.72. The predicted molar refractivity (Wildman–Crippen MR) is 95.7 cm³/mol. The van der Waals surface area contributed by atoms with Crippen molar-refractivity contribution in [2.45, 2.75) is 13.2 Å². The zero-order chi connectivity index (χ0) is 19.2. The van der Waals surface area contributed by atoms with E-state index in [1.165, 1.54) is 10.9 Å². The summed E-state index contributed by atoms with van der Waals surface area (Å²) in [6.07, 6.45) is 2.45. The lowest BCUT2D eigenvalue weighted by Crippen LogP contribution is -2.27. The summed E-state index contributed by atoms with van der Waals surface area (Å²) < 4.78 is 12.4. The van der Waals surface area contributed by atoms with Crippen molar-refractivity contribution in [2.75, 3.05) is 6.54 Å². The first-order chi connectivity index (χ1) is 13.0. The minimum absolute atomic E-state index is 0.100. The number of nitrogens with one attached hydrogen (secondary N) is 1. The van der Waals surface area contributed by atoms with Gasteiger partial charge in [0.05, 0.1) is 11.5 Å². The smallest absolute Gasteiger partial charge is 0.306 e. The number of nitro groups is 1. The average Bonchev–Trinajstić information content (AvgIpc) is 3.30. The number of aromatic nitrogens is 2. The highest BCUT2D eigenvalue weighted by atomic mass is 35.5. The molecule has 9 nitrogen and oxygen atoms in total. The molecule has 1 aromatic carbocycles. The van der Waals surface area contributed by atoms with E-state index < -0.39 is 10.8 Å². The number of carbonyl (C=O) groups is 1. The van der Waals surface area contributed by atoms with Crippen LogP contribution in [0.25, 0.3) is 0 Å². The van der Waals surface area contributed by atoms with Crippen LogP contribution in [-0.4, -0.2) is 27.2 Å². The molecule has 0 saturated heterocycles. The minimum atomic E-state index is -0.530. The van der Waals surface area contributed by atoms with E-state index in [4.69, 9.17) is 20.8 Å². The van der Waals surface area contributed by atoms with E-state index in [9.17, 15) is 14.9 Å². The Hall–Kier alpha value is -3.33. The van der Waals surface area contributed by atoms with Crippen LogP contribution in [-0.2, 0) is 13.2 Å². The topological polar surface area (TPSA) is 112 Å². The maximum Gasteiger partial charge on any atom is 0.306 e. The third-order valence-electron chi connectivity index (χ3n) is 3.52. The number of rotatable bonds is 8. The van der Waals surface area contributed by atoms with Crippen molar-refractivity contribution >= 4 is 23.2 Å². The van der Waals surface area contributed by atoms with E-state index in [1.807, 2.05) is 0 Å². The van der Waals surface area contributed by atoms with Crippen molar-refractivity contribution in [3.63, 3.8) is 0 Å². The van der Waals surface area contributed by atoms with Crippen LogP contribution in [0.1, 0.15) is 16.3 Å². The fourth-order valence-corrected chi connectivity index (χ4v) is 2.41. The molecular formula is C17H15ClN4O5. The van der Waals surface area contributed by atoms with Crippen LogP contribution in [0.5, 0.6) is 5.75 Å². The molecule has 0 bridgehead atoms. The zero-order valence-electron chi connectivity index (χ0n) is 14.0. The van der Waals surface area contributed by atoms with Gasteiger partial charge in [0.25, 0.3) is 5.91 Å². The Morgan fingerprint density at radius 1 is 1.37 bits per heavy atom. The highest BCUT2D eigenvalue weighted by Gasteiger charge is 2.12. The van der Waals surface area contributed by atoms with Crippen LogP contribution in [0.4, 0.5) is 5.69 Å². The van der Waals surface area contributed by atoms with E-state index in [0.29, 0.717) is 23.1 Å². The molecule has 0 saturated carbocycles. The first-order valence-electron chi connectivity index (χ1n) is 7.93. The molecule has 0 spiro atoms. The number of hydrogen-bond donors (Lipinski definition) is 1. The second kappa shape index (κ2) is 8.37. The number of ether oxygens (including phenoxy) is 1. The molecule has 3 aromatic rings. The van der Waals surface area contributed by atoms with Crippen molar-refractivity contribution in [3.05, 3.63) is 75.4 Å². The van der Waals surface area contributed by atoms with Gasteiger partial charge in [0.15, 0.2) is 5.76 Å². The van der Waals surface area contributed by atoms with E-state index in [-0.39, 0.29) is 24.6 Å². The van der Waals surface area contributed by atoms with Gasteiger partial charge in [0.2, 0.25) is 0 Å². The largest absolute Gasteiger partial charge is 0.486 e. The molecule has 140 valence electrons. The molecule has 10 heteroatoms. The van der Waals surface area contributed by atoms with Crippen molar-refractivity contribution in [1.29, 1.82) is 0 Å². The molecule has 3 rings (SSSR count). The molecule has 27 heavy (non-hydrogen) atoms. The van der Waals surface area contributed by atoms with Crippen molar-refractivity contribution < 1.29 is 18.9 Å². The lowest BCUT2D eigenvalue weighted by atomic mass is 10.3. The van der Waals surface area contributed by atoms with Gasteiger partial charge in [-0.25, -0.2) is 0 Å². The Bertz CT molecular complexity index is 952. The molecule has 0 aliphatic carbocycles. The lowest BCUT2D eigenvalue weighted by molar-refractivity contribution is -0.385. The summed E-state index contributed by atoms with van der Waals surface area (Å²) in [5.74, 6) is 0.831. The summed E-state index contributed by atoms with van der Waals surface area (Å²) in [6, 6.07) is 10.2. The van der Waals surface area contributed by atoms with Crippen LogP contribution in [0.2, 0.25) is 5.02 Å². The van der Waals surface area contributed by atoms with E-state index >= 15 is 0 Å². The molecule has 2 aromatic heterocycles. The molecule has 2 heterocycles. The fourth-order valence-electron chi connectivity index (χ4n) is 2.23. The van der Waals surface area contributed by atoms with E-state index in [1.54, 1.807) is 36.4 Å². The molecule has 0 radical (unpaired) electrons. The number of furan rings is 1. The lowest BCUT2D eigenvalue weighted by Gasteiger charge is -2.05. The molecule has 0 aliphatic heterocycles. The molecule has 0 aliphatic rings. The van der Waals surface area contributed by atoms with Gasteiger partial charge < -0.3 is 14.5 Å². The first kappa shape index (κ1) is 18.5. The molecule has 0 fully saturated rings. The number of hydrogen-bond acceptors (Lipinski definition) is 6. The van der Waals surface area contributed by atoms with Gasteiger partial charge >= 0.3 is 5.69 Å². The quantitative estimate of drug-likeness (QED) is 0.467. The van der Waals surface area contributed by atoms with Crippen LogP contribution in [0.15, 0.2) is 53.2 Å². The van der Waals surface area contributed by atoms with Gasteiger partial charge in [-0.1, -0.05) is 17.7 Å². The molecule has 1 N–H and O–H groups in total. The second-order valence-electron chi connectivity index (χ2n) is 5.49. The van der Waals surface area contributed by atoms with Crippen molar-refractivity contribution in [1.82, 2.24) is 15.1 Å². The Balaban J connectivity index is 1.47. The normalized spacial score (nSPS) is 10.6. The third-order valence-corrected chi connectivity index (χ3v) is 3.75. The van der Waals surface area contributed by atoms with Gasteiger partial charge in [0, 0.05) is 11.6 Å². The van der Waals surface area contributed by atoms with Gasteiger partial charge in [-0.15, -0.1) is 0 Å². The van der Waals surface area contributed by atoms with Crippen molar-refractivity contribution in [3.8, 4) is 5.75 Å². The molecule has 0 unspecified atom stereocenters. The summed E-state index contributed by atoms with van der Waals surface area (Å²) in [5, 5.41) is 17.7. The molecule has 0 atom stereocenters. The molecule has 1 amide bonds. The predicted octanol–water partition coefficient (Wildman–Crippen LogP) is 3.05. The minimum Gasteiger partial charge on any atom is -0.486 e. The number of carbonyl (C=O) groups excluding carboxylic acids is 1. The monoisotopic (exact) mass is 390 g/mol. The van der Waals surface area contributed by atoms with Crippen LogP contribution in [0.3, 0.4) is 0 Å². The second-order valence-corrected chi connectivity index (χ2v) is 5.92. The van der Waals surface area contributed by atoms with E-state index in [2.05, 4.69) is 10.4 Å². The van der Waals surface area contributed by atoms with Gasteiger partial charge in [-0.3, -0.25) is 19.6 Å². The maximum atomic E-state index is 12.1.